The van der Waals surface area contributed by atoms with Crippen molar-refractivity contribution in [2.45, 2.75) is 0 Å². The standard InChI is InChI=1S/C8H9NO2/c1-2-7-11-8(10)9-5-3-4-6-9/h2-6H,1,7H2. The Morgan fingerprint density at radius 2 is 2.18 bits per heavy atom. The average molecular weight is 151 g/mol. The van der Waals surface area contributed by atoms with Crippen molar-refractivity contribution in [1.29, 1.82) is 0 Å². The predicted molar refractivity (Wildman–Crippen MR) is 41.4 cm³/mol. The van der Waals surface area contributed by atoms with Crippen LogP contribution < -0.4 is 0 Å². The highest BCUT2D eigenvalue weighted by atomic mass is 16.5. The van der Waals surface area contributed by atoms with Crippen LogP contribution in [0.25, 0.3) is 0 Å². The molecule has 0 saturated heterocycles. The topological polar surface area (TPSA) is 31.2 Å². The van der Waals surface area contributed by atoms with Crippen LogP contribution in [0.2, 0.25) is 0 Å². The van der Waals surface area contributed by atoms with E-state index in [9.17, 15) is 4.79 Å². The quantitative estimate of drug-likeness (QED) is 0.602. The van der Waals surface area contributed by atoms with Gasteiger partial charge in [0.1, 0.15) is 6.61 Å². The smallest absolute Gasteiger partial charge is 0.418 e. The van der Waals surface area contributed by atoms with Crippen molar-refractivity contribution in [3.8, 4) is 0 Å². The highest BCUT2D eigenvalue weighted by Crippen LogP contribution is 1.92. The molecule has 0 aromatic carbocycles. The van der Waals surface area contributed by atoms with Crippen LogP contribution in [0, 0.1) is 0 Å². The minimum Gasteiger partial charge on any atom is -0.445 e. The van der Waals surface area contributed by atoms with E-state index in [1.165, 1.54) is 10.6 Å². The van der Waals surface area contributed by atoms with Crippen LogP contribution in [0.5, 0.6) is 0 Å². The van der Waals surface area contributed by atoms with Crippen molar-refractivity contribution in [3.05, 3.63) is 37.2 Å². The Morgan fingerprint density at radius 1 is 1.55 bits per heavy atom. The number of aromatic nitrogens is 1. The summed E-state index contributed by atoms with van der Waals surface area (Å²) in [6.07, 6.45) is 4.41. The number of nitrogens with zero attached hydrogens (tertiary/aromatic N) is 1. The summed E-state index contributed by atoms with van der Waals surface area (Å²) in [5.41, 5.74) is 0. The fourth-order valence-electron chi connectivity index (χ4n) is 0.661. The third-order valence-electron chi connectivity index (χ3n) is 1.14. The molecule has 0 saturated carbocycles. The largest absolute Gasteiger partial charge is 0.445 e. The SMILES string of the molecule is C=CCOC(=O)n1cccc1. The van der Waals surface area contributed by atoms with Crippen LogP contribution in [0.15, 0.2) is 37.2 Å². The summed E-state index contributed by atoms with van der Waals surface area (Å²) in [4.78, 5) is 11.0. The molecule has 0 N–H and O–H groups in total. The van der Waals surface area contributed by atoms with Crippen LogP contribution in [-0.4, -0.2) is 17.3 Å². The van der Waals surface area contributed by atoms with E-state index in [0.717, 1.165) is 0 Å². The van der Waals surface area contributed by atoms with E-state index < -0.39 is 0 Å². The van der Waals surface area contributed by atoms with Gasteiger partial charge in [-0.15, -0.1) is 0 Å². The van der Waals surface area contributed by atoms with E-state index >= 15 is 0 Å². The van der Waals surface area contributed by atoms with Crippen molar-refractivity contribution in [2.75, 3.05) is 6.61 Å². The highest BCUT2D eigenvalue weighted by Gasteiger charge is 2.00. The molecule has 3 heteroatoms. The van der Waals surface area contributed by atoms with Crippen molar-refractivity contribution in [3.63, 3.8) is 0 Å². The van der Waals surface area contributed by atoms with Crippen LogP contribution in [-0.2, 0) is 4.74 Å². The zero-order chi connectivity index (χ0) is 8.10. The van der Waals surface area contributed by atoms with Crippen LogP contribution in [0.3, 0.4) is 0 Å². The van der Waals surface area contributed by atoms with Gasteiger partial charge in [-0.2, -0.15) is 0 Å². The summed E-state index contributed by atoms with van der Waals surface area (Å²) < 4.78 is 6.11. The maximum Gasteiger partial charge on any atom is 0.418 e. The number of rotatable bonds is 2. The molecule has 0 unspecified atom stereocenters. The number of hydrogen-bond acceptors (Lipinski definition) is 2. The van der Waals surface area contributed by atoms with Crippen molar-refractivity contribution in [2.24, 2.45) is 0 Å². The monoisotopic (exact) mass is 151 g/mol. The summed E-state index contributed by atoms with van der Waals surface area (Å²) in [6.45, 7) is 3.67. The molecule has 0 aliphatic carbocycles. The Labute approximate surface area is 64.9 Å². The lowest BCUT2D eigenvalue weighted by Gasteiger charge is -2.00. The number of hydrogen-bond donors (Lipinski definition) is 0. The Morgan fingerprint density at radius 3 is 2.73 bits per heavy atom. The minimum atomic E-state index is -0.380. The van der Waals surface area contributed by atoms with E-state index in [4.69, 9.17) is 4.74 Å². The van der Waals surface area contributed by atoms with Gasteiger partial charge >= 0.3 is 6.09 Å². The lowest BCUT2D eigenvalue weighted by Crippen LogP contribution is -2.11. The van der Waals surface area contributed by atoms with Gasteiger partial charge in [0.25, 0.3) is 0 Å². The highest BCUT2D eigenvalue weighted by molar-refractivity contribution is 5.70. The van der Waals surface area contributed by atoms with Gasteiger partial charge < -0.3 is 4.74 Å². The fourth-order valence-corrected chi connectivity index (χ4v) is 0.661. The molecule has 1 aromatic rings. The zero-order valence-electron chi connectivity index (χ0n) is 6.06. The third kappa shape index (κ3) is 1.97. The molecule has 11 heavy (non-hydrogen) atoms. The minimum absolute atomic E-state index is 0.247. The molecule has 0 amide bonds. The second-order valence-corrected chi connectivity index (χ2v) is 1.96. The number of ether oxygens (including phenoxy) is 1. The zero-order valence-corrected chi connectivity index (χ0v) is 6.06. The van der Waals surface area contributed by atoms with Gasteiger partial charge in [0, 0.05) is 12.4 Å². The van der Waals surface area contributed by atoms with Crippen LogP contribution in [0.4, 0.5) is 4.79 Å². The van der Waals surface area contributed by atoms with E-state index in [1.54, 1.807) is 24.5 Å². The van der Waals surface area contributed by atoms with Gasteiger partial charge in [0.2, 0.25) is 0 Å². The van der Waals surface area contributed by atoms with Gasteiger partial charge in [0.05, 0.1) is 0 Å². The van der Waals surface area contributed by atoms with Gasteiger partial charge in [-0.1, -0.05) is 12.7 Å². The molecular weight excluding hydrogens is 142 g/mol. The fraction of sp³-hybridized carbons (Fsp3) is 0.125. The second-order valence-electron chi connectivity index (χ2n) is 1.96. The maximum absolute atomic E-state index is 11.0. The first kappa shape index (κ1) is 7.60. The number of carbonyl (C=O) groups is 1. The van der Waals surface area contributed by atoms with Crippen LogP contribution >= 0.6 is 0 Å². The first-order valence-corrected chi connectivity index (χ1v) is 3.25. The Balaban J connectivity index is 2.49. The molecule has 0 radical (unpaired) electrons. The molecule has 0 aliphatic heterocycles. The van der Waals surface area contributed by atoms with Crippen molar-refractivity contribution >= 4 is 6.09 Å². The molecule has 0 fully saturated rings. The summed E-state index contributed by atoms with van der Waals surface area (Å²) in [5, 5.41) is 0. The van der Waals surface area contributed by atoms with E-state index in [1.807, 2.05) is 0 Å². The first-order chi connectivity index (χ1) is 5.34. The molecule has 1 heterocycles. The summed E-state index contributed by atoms with van der Waals surface area (Å²) >= 11 is 0. The summed E-state index contributed by atoms with van der Waals surface area (Å²) in [7, 11) is 0. The average Bonchev–Trinajstić information content (AvgIpc) is 2.52. The van der Waals surface area contributed by atoms with Gasteiger partial charge in [-0.25, -0.2) is 4.79 Å². The molecule has 0 spiro atoms. The van der Waals surface area contributed by atoms with Crippen LogP contribution in [0.1, 0.15) is 0 Å². The number of carbonyl (C=O) groups excluding carboxylic acids is 1. The normalized spacial score (nSPS) is 9.09. The van der Waals surface area contributed by atoms with E-state index in [2.05, 4.69) is 6.58 Å². The molecule has 58 valence electrons. The van der Waals surface area contributed by atoms with E-state index in [-0.39, 0.29) is 12.7 Å². The summed E-state index contributed by atoms with van der Waals surface area (Å²) in [6, 6.07) is 3.52. The van der Waals surface area contributed by atoms with Crippen molar-refractivity contribution < 1.29 is 9.53 Å². The molecule has 0 bridgehead atoms. The maximum atomic E-state index is 11.0. The molecule has 1 aromatic heterocycles. The second kappa shape index (κ2) is 3.61. The van der Waals surface area contributed by atoms with Gasteiger partial charge in [-0.05, 0) is 12.1 Å². The predicted octanol–water partition coefficient (Wildman–Crippen LogP) is 1.66. The molecular formula is C8H9NO2. The van der Waals surface area contributed by atoms with Gasteiger partial charge in [-0.3, -0.25) is 4.57 Å². The Bertz CT molecular complexity index is 239. The molecule has 0 aliphatic rings. The lowest BCUT2D eigenvalue weighted by molar-refractivity contribution is 0.160. The molecule has 1 rings (SSSR count). The third-order valence-corrected chi connectivity index (χ3v) is 1.14. The molecule has 3 nitrogen and oxygen atoms in total. The van der Waals surface area contributed by atoms with Gasteiger partial charge in [0.15, 0.2) is 0 Å². The molecule has 0 atom stereocenters. The van der Waals surface area contributed by atoms with Crippen molar-refractivity contribution in [1.82, 2.24) is 4.57 Å². The lowest BCUT2D eigenvalue weighted by atomic mass is 10.7. The van der Waals surface area contributed by atoms with E-state index in [0.29, 0.717) is 0 Å². The summed E-state index contributed by atoms with van der Waals surface area (Å²) in [5.74, 6) is 0. The first-order valence-electron chi connectivity index (χ1n) is 3.25. The Kier molecular flexibility index (Phi) is 2.49. The Hall–Kier alpha value is -1.51.